The number of likely N-dealkylation sites (N-methyl/N-ethyl adjacent to an activating group) is 1. The number of amides is 1. The summed E-state index contributed by atoms with van der Waals surface area (Å²) in [6, 6.07) is -0.876. The number of hydrogen-bond donors (Lipinski definition) is 3. The summed E-state index contributed by atoms with van der Waals surface area (Å²) in [7, 11) is 1.54. The Hall–Kier alpha value is -3.10. The summed E-state index contributed by atoms with van der Waals surface area (Å²) in [5, 5.41) is 14.0. The van der Waals surface area contributed by atoms with Crippen molar-refractivity contribution in [2.75, 3.05) is 40.9 Å². The van der Waals surface area contributed by atoms with Gasteiger partial charge >= 0.3 is 7.82 Å². The van der Waals surface area contributed by atoms with Crippen molar-refractivity contribution in [2.45, 2.75) is 309 Å². The molecule has 0 aromatic carbocycles. The van der Waals surface area contributed by atoms with Crippen molar-refractivity contribution in [3.8, 4) is 0 Å². The minimum Gasteiger partial charge on any atom is -0.387 e. The molecule has 0 heterocycles. The molecule has 0 aliphatic heterocycles. The number of phosphoric acid groups is 1. The predicted octanol–water partition coefficient (Wildman–Crippen LogP) is 22.4. The molecule has 0 aliphatic carbocycles. The van der Waals surface area contributed by atoms with Crippen LogP contribution in [0, 0.1) is 0 Å². The summed E-state index contributed by atoms with van der Waals surface area (Å²) in [4.78, 5) is 23.4. The number of hydrogen-bond acceptors (Lipinski definition) is 5. The van der Waals surface area contributed by atoms with Gasteiger partial charge in [0.15, 0.2) is 0 Å². The fraction of sp³-hybridized carbons (Fsp3) is 0.720. The molecule has 8 nitrogen and oxygen atoms in total. The first-order valence-corrected chi connectivity index (χ1v) is 36.4. The highest BCUT2D eigenvalue weighted by atomic mass is 31.2. The number of carbonyl (C=O) groups excluding carboxylic acids is 1. The Balaban J connectivity index is 4.17. The second kappa shape index (κ2) is 64.4. The Morgan fingerprint density at radius 3 is 1.10 bits per heavy atom. The topological polar surface area (TPSA) is 105 Å². The van der Waals surface area contributed by atoms with Gasteiger partial charge < -0.3 is 19.8 Å². The first-order chi connectivity index (χ1) is 41.0. The van der Waals surface area contributed by atoms with Crippen LogP contribution in [0.15, 0.2) is 122 Å². The number of quaternary nitrogens is 1. The number of aliphatic hydroxyl groups excluding tert-OH is 1. The van der Waals surface area contributed by atoms with Gasteiger partial charge in [0.2, 0.25) is 5.91 Å². The van der Waals surface area contributed by atoms with Crippen LogP contribution < -0.4 is 5.32 Å². The van der Waals surface area contributed by atoms with Crippen LogP contribution in [0.4, 0.5) is 0 Å². The van der Waals surface area contributed by atoms with E-state index in [1.165, 1.54) is 180 Å². The van der Waals surface area contributed by atoms with Crippen molar-refractivity contribution in [3.05, 3.63) is 122 Å². The molecule has 3 atom stereocenters. The number of nitrogens with one attached hydrogen (secondary N) is 1. The largest absolute Gasteiger partial charge is 0.472 e. The molecular weight excluding hydrogens is 1060 g/mol. The van der Waals surface area contributed by atoms with Crippen molar-refractivity contribution >= 4 is 13.7 Å². The van der Waals surface area contributed by atoms with Gasteiger partial charge in [-0.3, -0.25) is 13.8 Å². The predicted molar refractivity (Wildman–Crippen MR) is 368 cm³/mol. The molecule has 0 radical (unpaired) electrons. The summed E-state index contributed by atoms with van der Waals surface area (Å²) in [5.74, 6) is -0.193. The second-order valence-electron chi connectivity index (χ2n) is 24.5. The summed E-state index contributed by atoms with van der Waals surface area (Å²) < 4.78 is 23.8. The highest BCUT2D eigenvalue weighted by molar-refractivity contribution is 7.47. The van der Waals surface area contributed by atoms with E-state index in [0.29, 0.717) is 17.4 Å². The molecule has 0 rings (SSSR count). The zero-order valence-electron chi connectivity index (χ0n) is 55.4. The summed E-state index contributed by atoms with van der Waals surface area (Å²) in [6.45, 7) is 4.70. The molecule has 9 heteroatoms. The lowest BCUT2D eigenvalue weighted by Crippen LogP contribution is -2.45. The number of phosphoric ester groups is 1. The lowest BCUT2D eigenvalue weighted by molar-refractivity contribution is -0.870. The van der Waals surface area contributed by atoms with Crippen molar-refractivity contribution in [1.29, 1.82) is 0 Å². The van der Waals surface area contributed by atoms with Gasteiger partial charge in [-0.2, -0.15) is 0 Å². The summed E-state index contributed by atoms with van der Waals surface area (Å²) >= 11 is 0. The molecule has 0 aromatic heterocycles. The Kier molecular flexibility index (Phi) is 62.0. The van der Waals surface area contributed by atoms with Gasteiger partial charge in [-0.25, -0.2) is 4.57 Å². The minimum atomic E-state index is -4.37. The fourth-order valence-electron chi connectivity index (χ4n) is 9.78. The average Bonchev–Trinajstić information content (AvgIpc) is 3.56. The summed E-state index contributed by atoms with van der Waals surface area (Å²) in [6.07, 6.45) is 96.3. The van der Waals surface area contributed by atoms with E-state index in [9.17, 15) is 19.4 Å². The number of unbranched alkanes of at least 4 members (excludes halogenated alkanes) is 32. The third-order valence-corrected chi connectivity index (χ3v) is 16.1. The van der Waals surface area contributed by atoms with E-state index < -0.39 is 20.0 Å². The fourth-order valence-corrected chi connectivity index (χ4v) is 10.5. The molecule has 3 unspecified atom stereocenters. The highest BCUT2D eigenvalue weighted by Crippen LogP contribution is 2.43. The van der Waals surface area contributed by atoms with Gasteiger partial charge in [-0.15, -0.1) is 0 Å². The molecule has 0 aliphatic rings. The van der Waals surface area contributed by atoms with E-state index in [1.54, 1.807) is 6.08 Å². The van der Waals surface area contributed by atoms with Gasteiger partial charge in [0, 0.05) is 6.42 Å². The van der Waals surface area contributed by atoms with E-state index in [4.69, 9.17) is 9.05 Å². The maximum atomic E-state index is 13.1. The van der Waals surface area contributed by atoms with E-state index in [0.717, 1.165) is 96.3 Å². The molecule has 0 spiro atoms. The van der Waals surface area contributed by atoms with Crippen LogP contribution in [0.3, 0.4) is 0 Å². The third-order valence-electron chi connectivity index (χ3n) is 15.2. The maximum Gasteiger partial charge on any atom is 0.472 e. The van der Waals surface area contributed by atoms with Gasteiger partial charge in [0.25, 0.3) is 0 Å². The van der Waals surface area contributed by atoms with E-state index >= 15 is 0 Å². The quantitative estimate of drug-likeness (QED) is 0.0243. The van der Waals surface area contributed by atoms with Crippen LogP contribution in [0.2, 0.25) is 0 Å². The van der Waals surface area contributed by atoms with Gasteiger partial charge in [0.1, 0.15) is 13.2 Å². The lowest BCUT2D eigenvalue weighted by Gasteiger charge is -2.25. The molecule has 0 saturated carbocycles. The highest BCUT2D eigenvalue weighted by Gasteiger charge is 2.28. The monoisotopic (exact) mass is 1190 g/mol. The molecular formula is C75H134N2O6P+. The van der Waals surface area contributed by atoms with E-state index in [2.05, 4.69) is 129 Å². The van der Waals surface area contributed by atoms with Crippen molar-refractivity contribution in [1.82, 2.24) is 5.32 Å². The number of rotatable bonds is 63. The maximum absolute atomic E-state index is 13.1. The van der Waals surface area contributed by atoms with Crippen LogP contribution in [0.1, 0.15) is 296 Å². The van der Waals surface area contributed by atoms with Crippen LogP contribution in [-0.4, -0.2) is 73.4 Å². The average molecular weight is 1190 g/mol. The molecule has 0 bridgehead atoms. The molecule has 0 fully saturated rings. The summed E-state index contributed by atoms with van der Waals surface area (Å²) in [5.41, 5.74) is 0. The minimum absolute atomic E-state index is 0.0501. The molecule has 0 aromatic rings. The Bertz CT molecular complexity index is 1780. The lowest BCUT2D eigenvalue weighted by atomic mass is 10.0. The van der Waals surface area contributed by atoms with Crippen molar-refractivity contribution in [3.63, 3.8) is 0 Å². The van der Waals surface area contributed by atoms with E-state index in [-0.39, 0.29) is 19.1 Å². The zero-order chi connectivity index (χ0) is 61.2. The van der Waals surface area contributed by atoms with E-state index in [1.807, 2.05) is 27.2 Å². The molecule has 3 N–H and O–H groups in total. The van der Waals surface area contributed by atoms with Gasteiger partial charge in [-0.05, 0) is 96.3 Å². The molecule has 84 heavy (non-hydrogen) atoms. The Morgan fingerprint density at radius 2 is 0.726 bits per heavy atom. The van der Waals surface area contributed by atoms with Crippen LogP contribution in [0.25, 0.3) is 0 Å². The number of aliphatic hydroxyl groups is 1. The zero-order valence-corrected chi connectivity index (χ0v) is 56.3. The first-order valence-electron chi connectivity index (χ1n) is 34.9. The number of nitrogens with zero attached hydrogens (tertiary/aromatic N) is 1. The second-order valence-corrected chi connectivity index (χ2v) is 26.0. The molecule has 484 valence electrons. The third kappa shape index (κ3) is 66.4. The van der Waals surface area contributed by atoms with Crippen LogP contribution in [0.5, 0.6) is 0 Å². The first kappa shape index (κ1) is 80.9. The Labute approximate surface area is 520 Å². The van der Waals surface area contributed by atoms with Gasteiger partial charge in [-0.1, -0.05) is 315 Å². The molecule has 0 saturated heterocycles. The van der Waals surface area contributed by atoms with Crippen molar-refractivity contribution < 1.29 is 32.9 Å². The smallest absolute Gasteiger partial charge is 0.387 e. The normalized spacial score (nSPS) is 14.4. The van der Waals surface area contributed by atoms with Crippen LogP contribution >= 0.6 is 7.82 Å². The standard InChI is InChI=1S/C75H133N2O6P/c1-6-8-10-12-14-16-18-20-22-24-26-28-30-32-34-35-36-37-38-39-40-41-43-45-47-49-51-53-55-57-59-61-63-65-67-69-75(79)76-73(72-83-84(80,81)82-71-70-77(3,4)5)74(78)68-66-64-62-60-58-56-54-52-50-48-46-44-42-33-31-29-27-25-23-21-19-17-15-13-11-9-7-2/h8,10,14,16,20,22,26,28,32,34,36-37,39-40,43,45,58,60,66,68,73-74,78H,6-7,9,11-13,15,17-19,21,23-25,27,29-31,33,35,38,41-42,44,46-57,59,61-65,67,69-72H2,1-5H3,(H-,76,79,80,81)/p+1/b10-8-,16-14-,22-20-,28-26-,34-32-,37-36-,40-39-,45-43-,60-58+,68-66+. The van der Waals surface area contributed by atoms with Crippen molar-refractivity contribution in [2.24, 2.45) is 0 Å². The van der Waals surface area contributed by atoms with Gasteiger partial charge in [0.05, 0.1) is 39.9 Å². The number of carbonyl (C=O) groups is 1. The SMILES string of the molecule is CC/C=C\C/C=C\C/C=C\C/C=C\C/C=C\C/C=C\C/C=C\C/C=C\CCCCCCCCCCCCC(=O)NC(COP(=O)(O)OCC[N+](C)(C)C)C(O)/C=C/CC/C=C/CCCCCCCCCCCCCCCCCCCCCCC. The van der Waals surface area contributed by atoms with Crippen LogP contribution in [-0.2, 0) is 18.4 Å². The molecule has 1 amide bonds. The Morgan fingerprint density at radius 1 is 0.417 bits per heavy atom. The number of allylic oxidation sites excluding steroid dienone is 19.